The topological polar surface area (TPSA) is 83.0 Å². The fourth-order valence-electron chi connectivity index (χ4n) is 3.79. The lowest BCUT2D eigenvalue weighted by molar-refractivity contribution is 0.0984. The lowest BCUT2D eigenvalue weighted by Gasteiger charge is -2.22. The molecule has 37 heavy (non-hydrogen) atoms. The van der Waals surface area contributed by atoms with Crippen LogP contribution in [0.1, 0.15) is 36.7 Å². The number of methoxy groups -OCH3 is 1. The van der Waals surface area contributed by atoms with Crippen LogP contribution in [0, 0.1) is 0 Å². The molecule has 0 atom stereocenters. The summed E-state index contributed by atoms with van der Waals surface area (Å²) in [6, 6.07) is 10.6. The van der Waals surface area contributed by atoms with Gasteiger partial charge in [0.15, 0.2) is 16.6 Å². The Labute approximate surface area is 224 Å². The number of hydrogen-bond acceptors (Lipinski definition) is 8. The van der Waals surface area contributed by atoms with Crippen LogP contribution in [-0.2, 0) is 6.54 Å². The van der Waals surface area contributed by atoms with Crippen molar-refractivity contribution in [3.05, 3.63) is 64.9 Å². The van der Waals surface area contributed by atoms with Gasteiger partial charge < -0.3 is 18.9 Å². The largest absolute Gasteiger partial charge is 0.494 e. The molecule has 8 nitrogen and oxygen atoms in total. The molecule has 0 saturated carbocycles. The molecule has 0 aliphatic heterocycles. The van der Waals surface area contributed by atoms with E-state index in [1.807, 2.05) is 32.9 Å². The average Bonchev–Trinajstić information content (AvgIpc) is 3.36. The first-order valence-electron chi connectivity index (χ1n) is 11.9. The zero-order valence-electron chi connectivity index (χ0n) is 21.1. The van der Waals surface area contributed by atoms with Crippen LogP contribution in [0.25, 0.3) is 10.2 Å². The molecular formula is C27H28ClN3O5S. The Balaban J connectivity index is 1.85. The molecule has 0 radical (unpaired) electrons. The summed E-state index contributed by atoms with van der Waals surface area (Å²) in [7, 11) is 1.57. The summed E-state index contributed by atoms with van der Waals surface area (Å²) in [6.45, 7) is 7.10. The second-order valence-electron chi connectivity index (χ2n) is 7.78. The van der Waals surface area contributed by atoms with E-state index in [-0.39, 0.29) is 12.5 Å². The predicted molar refractivity (Wildman–Crippen MR) is 146 cm³/mol. The van der Waals surface area contributed by atoms with Gasteiger partial charge in [-0.15, -0.1) is 0 Å². The number of fused-ring (bicyclic) bond motifs is 1. The molecule has 0 saturated heterocycles. The number of carbonyl (C=O) groups is 1. The minimum absolute atomic E-state index is 0.244. The van der Waals surface area contributed by atoms with E-state index < -0.39 is 0 Å². The van der Waals surface area contributed by atoms with Crippen molar-refractivity contribution in [1.82, 2.24) is 9.97 Å². The summed E-state index contributed by atoms with van der Waals surface area (Å²) >= 11 is 7.79. The second-order valence-corrected chi connectivity index (χ2v) is 9.16. The highest BCUT2D eigenvalue weighted by molar-refractivity contribution is 7.23. The van der Waals surface area contributed by atoms with Crippen molar-refractivity contribution in [3.63, 3.8) is 0 Å². The quantitative estimate of drug-likeness (QED) is 0.217. The van der Waals surface area contributed by atoms with Crippen molar-refractivity contribution in [2.45, 2.75) is 27.3 Å². The van der Waals surface area contributed by atoms with Gasteiger partial charge in [0.2, 0.25) is 5.75 Å². The number of anilines is 1. The van der Waals surface area contributed by atoms with E-state index in [9.17, 15) is 4.79 Å². The van der Waals surface area contributed by atoms with E-state index in [1.54, 1.807) is 48.7 Å². The molecule has 0 unspecified atom stereocenters. The molecule has 0 N–H and O–H groups in total. The van der Waals surface area contributed by atoms with Gasteiger partial charge in [-0.1, -0.05) is 29.0 Å². The standard InChI is InChI=1S/C27H28ClN3O5S/c1-5-34-21-13-18(14-22(35-6-2)24(21)36-7-3)26(32)31(16-17-9-8-12-29-15-17)27-30-23-20(33-4)11-10-19(28)25(23)37-27/h8-15H,5-7,16H2,1-4H3. The Morgan fingerprint density at radius 2 is 1.70 bits per heavy atom. The normalized spacial score (nSPS) is 10.8. The van der Waals surface area contributed by atoms with Crippen molar-refractivity contribution < 1.29 is 23.7 Å². The first kappa shape index (κ1) is 26.5. The van der Waals surface area contributed by atoms with Gasteiger partial charge in [0, 0.05) is 18.0 Å². The van der Waals surface area contributed by atoms with E-state index in [0.717, 1.165) is 10.3 Å². The van der Waals surface area contributed by atoms with E-state index in [4.69, 9.17) is 35.5 Å². The molecule has 0 fully saturated rings. The molecule has 2 heterocycles. The Morgan fingerprint density at radius 1 is 1.00 bits per heavy atom. The maximum absolute atomic E-state index is 14.1. The number of nitrogens with zero attached hydrogens (tertiary/aromatic N) is 3. The van der Waals surface area contributed by atoms with Gasteiger partial charge >= 0.3 is 0 Å². The Morgan fingerprint density at radius 3 is 2.30 bits per heavy atom. The Hall–Kier alpha value is -3.56. The minimum atomic E-state index is -0.289. The fraction of sp³-hybridized carbons (Fsp3) is 0.296. The molecule has 2 aromatic carbocycles. The molecule has 194 valence electrons. The lowest BCUT2D eigenvalue weighted by atomic mass is 10.1. The van der Waals surface area contributed by atoms with Crippen molar-refractivity contribution in [2.75, 3.05) is 31.8 Å². The van der Waals surface area contributed by atoms with Gasteiger partial charge in [0.1, 0.15) is 11.3 Å². The highest BCUT2D eigenvalue weighted by atomic mass is 35.5. The fourth-order valence-corrected chi connectivity index (χ4v) is 5.04. The zero-order chi connectivity index (χ0) is 26.4. The van der Waals surface area contributed by atoms with Crippen LogP contribution in [0.15, 0.2) is 48.8 Å². The smallest absolute Gasteiger partial charge is 0.260 e. The van der Waals surface area contributed by atoms with E-state index in [1.165, 1.54) is 11.3 Å². The molecular weight excluding hydrogens is 514 g/mol. The monoisotopic (exact) mass is 541 g/mol. The van der Waals surface area contributed by atoms with Crippen LogP contribution >= 0.6 is 22.9 Å². The van der Waals surface area contributed by atoms with Gasteiger partial charge in [-0.3, -0.25) is 14.7 Å². The lowest BCUT2D eigenvalue weighted by Crippen LogP contribution is -2.30. The van der Waals surface area contributed by atoms with Gasteiger partial charge in [0.25, 0.3) is 5.91 Å². The number of aromatic nitrogens is 2. The first-order chi connectivity index (χ1) is 18.0. The summed E-state index contributed by atoms with van der Waals surface area (Å²) in [6.07, 6.45) is 3.41. The Kier molecular flexibility index (Phi) is 8.68. The van der Waals surface area contributed by atoms with Gasteiger partial charge in [-0.05, 0) is 56.7 Å². The molecule has 0 bridgehead atoms. The third kappa shape index (κ3) is 5.73. The number of thiazole rings is 1. The molecule has 4 aromatic rings. The number of halogens is 1. The Bertz CT molecular complexity index is 1350. The summed E-state index contributed by atoms with van der Waals surface area (Å²) in [5, 5.41) is 1.01. The number of ether oxygens (including phenoxy) is 4. The highest BCUT2D eigenvalue weighted by Gasteiger charge is 2.26. The summed E-state index contributed by atoms with van der Waals surface area (Å²) in [5.74, 6) is 1.64. The second kappa shape index (κ2) is 12.1. The molecule has 0 aliphatic rings. The predicted octanol–water partition coefficient (Wildman–Crippen LogP) is 6.40. The van der Waals surface area contributed by atoms with Crippen LogP contribution < -0.4 is 23.8 Å². The molecule has 2 aromatic heterocycles. The van der Waals surface area contributed by atoms with Crippen molar-refractivity contribution >= 4 is 44.2 Å². The van der Waals surface area contributed by atoms with Gasteiger partial charge in [-0.2, -0.15) is 0 Å². The van der Waals surface area contributed by atoms with E-state index in [0.29, 0.717) is 64.1 Å². The first-order valence-corrected chi connectivity index (χ1v) is 13.1. The van der Waals surface area contributed by atoms with Crippen LogP contribution in [0.5, 0.6) is 23.0 Å². The third-order valence-electron chi connectivity index (χ3n) is 5.36. The van der Waals surface area contributed by atoms with Crippen LogP contribution in [0.4, 0.5) is 5.13 Å². The number of hydrogen-bond donors (Lipinski definition) is 0. The molecule has 0 aliphatic carbocycles. The number of rotatable bonds is 11. The maximum atomic E-state index is 14.1. The molecule has 4 rings (SSSR count). The number of pyridine rings is 1. The SMILES string of the molecule is CCOc1cc(C(=O)N(Cc2cccnc2)c2nc3c(OC)ccc(Cl)c3s2)cc(OCC)c1OCC. The molecule has 0 spiro atoms. The minimum Gasteiger partial charge on any atom is -0.494 e. The molecule has 1 amide bonds. The van der Waals surface area contributed by atoms with Crippen LogP contribution in [0.3, 0.4) is 0 Å². The van der Waals surface area contributed by atoms with Crippen molar-refractivity contribution in [2.24, 2.45) is 0 Å². The third-order valence-corrected chi connectivity index (χ3v) is 6.90. The summed E-state index contributed by atoms with van der Waals surface area (Å²) < 4.78 is 23.7. The number of benzene rings is 2. The van der Waals surface area contributed by atoms with Crippen LogP contribution in [0.2, 0.25) is 5.02 Å². The van der Waals surface area contributed by atoms with E-state index in [2.05, 4.69) is 4.98 Å². The zero-order valence-corrected chi connectivity index (χ0v) is 22.7. The van der Waals surface area contributed by atoms with Crippen LogP contribution in [-0.4, -0.2) is 42.8 Å². The van der Waals surface area contributed by atoms with Crippen molar-refractivity contribution in [1.29, 1.82) is 0 Å². The van der Waals surface area contributed by atoms with Gasteiger partial charge in [-0.25, -0.2) is 4.98 Å². The summed E-state index contributed by atoms with van der Waals surface area (Å²) in [5.41, 5.74) is 1.81. The van der Waals surface area contributed by atoms with Crippen molar-refractivity contribution in [3.8, 4) is 23.0 Å². The summed E-state index contributed by atoms with van der Waals surface area (Å²) in [4.78, 5) is 24.7. The van der Waals surface area contributed by atoms with Gasteiger partial charge in [0.05, 0.1) is 43.2 Å². The highest BCUT2D eigenvalue weighted by Crippen LogP contribution is 2.42. The average molecular weight is 542 g/mol. The maximum Gasteiger partial charge on any atom is 0.260 e. The molecule has 10 heteroatoms. The number of carbonyl (C=O) groups excluding carboxylic acids is 1. The van der Waals surface area contributed by atoms with E-state index >= 15 is 0 Å². The number of amides is 1.